The van der Waals surface area contributed by atoms with Crippen LogP contribution in [0.2, 0.25) is 0 Å². The van der Waals surface area contributed by atoms with Gasteiger partial charge in [-0.15, -0.1) is 0 Å². The van der Waals surface area contributed by atoms with Gasteiger partial charge in [-0.3, -0.25) is 4.79 Å². The molecule has 1 aliphatic carbocycles. The van der Waals surface area contributed by atoms with Crippen LogP contribution in [0.4, 0.5) is 0 Å². The van der Waals surface area contributed by atoms with E-state index in [1.54, 1.807) is 24.4 Å². The Morgan fingerprint density at radius 2 is 1.81 bits per heavy atom. The summed E-state index contributed by atoms with van der Waals surface area (Å²) in [5.41, 5.74) is 2.81. The molecule has 0 heterocycles. The van der Waals surface area contributed by atoms with Gasteiger partial charge >= 0.3 is 0 Å². The third-order valence-corrected chi connectivity index (χ3v) is 2.33. The number of nitrogens with one attached hydrogen (secondary N) is 1. The Kier molecular flexibility index (Phi) is 9.97. The van der Waals surface area contributed by atoms with Gasteiger partial charge in [0.15, 0.2) is 5.78 Å². The number of hydrogen-bond acceptors (Lipinski definition) is 2. The number of ketones is 1. The summed E-state index contributed by atoms with van der Waals surface area (Å²) in [4.78, 5) is 11.4. The number of allylic oxidation sites excluding steroid dienone is 6. The van der Waals surface area contributed by atoms with Gasteiger partial charge in [-0.1, -0.05) is 49.4 Å². The Morgan fingerprint density at radius 3 is 2.38 bits per heavy atom. The first-order valence-electron chi connectivity index (χ1n) is 6.43. The SMILES string of the molecule is C=C([CH2-])C.O=C1C=CC=CC1=CNCc1ccccc1.[Pd]. The van der Waals surface area contributed by atoms with Crippen molar-refractivity contribution in [3.05, 3.63) is 91.0 Å². The number of carbonyl (C=O) groups is 1. The molecule has 0 unspecified atom stereocenters. The molecule has 2 rings (SSSR count). The first-order valence-corrected chi connectivity index (χ1v) is 6.43. The molecule has 0 aromatic heterocycles. The van der Waals surface area contributed by atoms with Crippen molar-refractivity contribution in [1.82, 2.24) is 5.32 Å². The summed E-state index contributed by atoms with van der Waals surface area (Å²) < 4.78 is 0. The first-order chi connectivity index (χ1) is 9.59. The minimum atomic E-state index is 0. The Balaban J connectivity index is 0.000000715. The van der Waals surface area contributed by atoms with Gasteiger partial charge in [0, 0.05) is 38.7 Å². The van der Waals surface area contributed by atoms with E-state index in [1.165, 1.54) is 5.56 Å². The fourth-order valence-corrected chi connectivity index (χ4v) is 1.47. The molecule has 114 valence electrons. The minimum Gasteiger partial charge on any atom is -0.386 e. The topological polar surface area (TPSA) is 29.1 Å². The van der Waals surface area contributed by atoms with Crippen molar-refractivity contribution in [3.8, 4) is 0 Å². The maximum absolute atomic E-state index is 11.4. The van der Waals surface area contributed by atoms with E-state index < -0.39 is 0 Å². The van der Waals surface area contributed by atoms with Crippen LogP contribution in [-0.4, -0.2) is 5.78 Å². The molecule has 0 aliphatic heterocycles. The Bertz CT molecular complexity index is 538. The second kappa shape index (κ2) is 10.9. The van der Waals surface area contributed by atoms with E-state index in [0.717, 1.165) is 12.1 Å². The fraction of sp³-hybridized carbons (Fsp3) is 0.111. The van der Waals surface area contributed by atoms with Gasteiger partial charge in [-0.05, 0) is 17.7 Å². The zero-order valence-corrected chi connectivity index (χ0v) is 13.7. The molecule has 0 amide bonds. The molecule has 1 N–H and O–H groups in total. The van der Waals surface area contributed by atoms with Crippen molar-refractivity contribution < 1.29 is 25.2 Å². The van der Waals surface area contributed by atoms with Gasteiger partial charge in [-0.25, -0.2) is 19.1 Å². The normalized spacial score (nSPS) is 14.0. The number of rotatable bonds is 3. The molecule has 1 aromatic carbocycles. The molecule has 21 heavy (non-hydrogen) atoms. The molecule has 0 fully saturated rings. The van der Waals surface area contributed by atoms with Crippen molar-refractivity contribution in [3.63, 3.8) is 0 Å². The summed E-state index contributed by atoms with van der Waals surface area (Å²) in [6.45, 7) is 9.48. The Labute approximate surface area is 141 Å². The van der Waals surface area contributed by atoms with Crippen LogP contribution in [0.5, 0.6) is 0 Å². The van der Waals surface area contributed by atoms with E-state index in [-0.39, 0.29) is 26.2 Å². The second-order valence-corrected chi connectivity index (χ2v) is 4.51. The van der Waals surface area contributed by atoms with Crippen molar-refractivity contribution in [2.45, 2.75) is 13.5 Å². The van der Waals surface area contributed by atoms with Crippen LogP contribution in [0.3, 0.4) is 0 Å². The van der Waals surface area contributed by atoms with E-state index in [9.17, 15) is 4.79 Å². The van der Waals surface area contributed by atoms with Crippen LogP contribution >= 0.6 is 0 Å². The summed E-state index contributed by atoms with van der Waals surface area (Å²) in [7, 11) is 0. The number of hydrogen-bond donors (Lipinski definition) is 1. The van der Waals surface area contributed by atoms with Gasteiger partial charge in [0.2, 0.25) is 0 Å². The molecular formula is C18H20NOPd-. The standard InChI is InChI=1S/C14H13NO.C4H7.Pd/c16-14-9-5-4-8-13(14)11-15-10-12-6-2-1-3-7-12;1-4(2)3;/h1-9,11,15H,10H2;1-2H2,3H3;/q;-1;. The largest absolute Gasteiger partial charge is 0.386 e. The van der Waals surface area contributed by atoms with Crippen molar-refractivity contribution in [1.29, 1.82) is 0 Å². The van der Waals surface area contributed by atoms with E-state index in [2.05, 4.69) is 18.8 Å². The van der Waals surface area contributed by atoms with Gasteiger partial charge in [0.25, 0.3) is 0 Å². The minimum absolute atomic E-state index is 0. The summed E-state index contributed by atoms with van der Waals surface area (Å²) in [5.74, 6) is 0.0445. The van der Waals surface area contributed by atoms with Crippen molar-refractivity contribution in [2.24, 2.45) is 0 Å². The zero-order valence-electron chi connectivity index (χ0n) is 12.1. The van der Waals surface area contributed by atoms with E-state index in [0.29, 0.717) is 5.57 Å². The summed E-state index contributed by atoms with van der Waals surface area (Å²) in [6.07, 6.45) is 8.74. The van der Waals surface area contributed by atoms with Crippen molar-refractivity contribution in [2.75, 3.05) is 0 Å². The van der Waals surface area contributed by atoms with Gasteiger partial charge < -0.3 is 5.32 Å². The quantitative estimate of drug-likeness (QED) is 0.497. The third kappa shape index (κ3) is 8.86. The van der Waals surface area contributed by atoms with Crippen LogP contribution in [-0.2, 0) is 31.8 Å². The molecular weight excluding hydrogens is 353 g/mol. The molecule has 0 radical (unpaired) electrons. The van der Waals surface area contributed by atoms with Crippen LogP contribution in [0.1, 0.15) is 12.5 Å². The number of carbonyl (C=O) groups excluding carboxylic acids is 1. The maximum atomic E-state index is 11.4. The average Bonchev–Trinajstić information content (AvgIpc) is 2.42. The second-order valence-electron chi connectivity index (χ2n) is 4.51. The monoisotopic (exact) mass is 372 g/mol. The molecule has 3 heteroatoms. The van der Waals surface area contributed by atoms with E-state index in [1.807, 2.05) is 43.3 Å². The molecule has 1 aliphatic rings. The molecule has 0 atom stereocenters. The maximum Gasteiger partial charge on any atom is 0.187 e. The van der Waals surface area contributed by atoms with Crippen LogP contribution in [0.25, 0.3) is 0 Å². The number of benzene rings is 1. The average molecular weight is 373 g/mol. The third-order valence-electron chi connectivity index (χ3n) is 2.33. The Hall–Kier alpha value is -1.82. The van der Waals surface area contributed by atoms with Gasteiger partial charge in [0.1, 0.15) is 0 Å². The molecule has 0 saturated carbocycles. The van der Waals surface area contributed by atoms with E-state index in [4.69, 9.17) is 0 Å². The molecule has 0 saturated heterocycles. The van der Waals surface area contributed by atoms with Crippen molar-refractivity contribution >= 4 is 5.78 Å². The van der Waals surface area contributed by atoms with E-state index >= 15 is 0 Å². The van der Waals surface area contributed by atoms with Crippen LogP contribution in [0.15, 0.2) is 78.6 Å². The zero-order chi connectivity index (χ0) is 14.8. The fourth-order valence-electron chi connectivity index (χ4n) is 1.47. The summed E-state index contributed by atoms with van der Waals surface area (Å²) in [5, 5.41) is 3.13. The molecule has 0 bridgehead atoms. The van der Waals surface area contributed by atoms with Gasteiger partial charge in [-0.2, -0.15) is 0 Å². The van der Waals surface area contributed by atoms with Gasteiger partial charge in [0.05, 0.1) is 0 Å². The predicted octanol–water partition coefficient (Wildman–Crippen LogP) is 3.75. The molecule has 0 spiro atoms. The Morgan fingerprint density at radius 1 is 1.24 bits per heavy atom. The first kappa shape index (κ1) is 19.2. The predicted molar refractivity (Wildman–Crippen MR) is 84.8 cm³/mol. The summed E-state index contributed by atoms with van der Waals surface area (Å²) >= 11 is 0. The molecule has 1 aromatic rings. The summed E-state index contributed by atoms with van der Waals surface area (Å²) in [6, 6.07) is 10.1. The molecule has 2 nitrogen and oxygen atoms in total. The smallest absolute Gasteiger partial charge is 0.187 e. The van der Waals surface area contributed by atoms with Crippen LogP contribution in [0, 0.1) is 6.92 Å². The van der Waals surface area contributed by atoms with Crippen LogP contribution < -0.4 is 5.32 Å².